The average Bonchev–Trinajstić information content (AvgIpc) is 3.07. The normalized spacial score (nSPS) is 14.8. The van der Waals surface area contributed by atoms with E-state index >= 15 is 0 Å². The predicted octanol–water partition coefficient (Wildman–Crippen LogP) is 2.10. The summed E-state index contributed by atoms with van der Waals surface area (Å²) in [6.07, 6.45) is 11.1. The number of rotatable bonds is 5. The summed E-state index contributed by atoms with van der Waals surface area (Å²) in [7, 11) is 0. The Morgan fingerprint density at radius 1 is 1.35 bits per heavy atom. The minimum atomic E-state index is 0.648. The van der Waals surface area contributed by atoms with E-state index in [0.29, 0.717) is 6.04 Å². The van der Waals surface area contributed by atoms with Crippen LogP contribution < -0.4 is 5.32 Å². The molecule has 3 rings (SSSR count). The summed E-state index contributed by atoms with van der Waals surface area (Å²) < 4.78 is 2.17. The number of anilines is 1. The number of pyridine rings is 1. The Labute approximate surface area is 101 Å². The van der Waals surface area contributed by atoms with Gasteiger partial charge in [-0.15, -0.1) is 0 Å². The molecule has 1 saturated carbocycles. The van der Waals surface area contributed by atoms with Crippen LogP contribution in [0.2, 0.25) is 0 Å². The fourth-order valence-corrected chi connectivity index (χ4v) is 1.84. The second kappa shape index (κ2) is 4.57. The summed E-state index contributed by atoms with van der Waals surface area (Å²) in [6, 6.07) is 4.74. The first-order chi connectivity index (χ1) is 8.42. The number of nitrogens with one attached hydrogen (secondary N) is 1. The predicted molar refractivity (Wildman–Crippen MR) is 66.8 cm³/mol. The van der Waals surface area contributed by atoms with Crippen LogP contribution in [-0.4, -0.2) is 20.6 Å². The van der Waals surface area contributed by atoms with Gasteiger partial charge in [-0.05, 0) is 30.9 Å². The molecule has 0 saturated heterocycles. The third-order valence-electron chi connectivity index (χ3n) is 2.99. The summed E-state index contributed by atoms with van der Waals surface area (Å²) in [5.74, 6) is 0.997. The second-order valence-electron chi connectivity index (χ2n) is 4.47. The zero-order valence-electron chi connectivity index (χ0n) is 9.71. The molecule has 2 heterocycles. The molecule has 0 amide bonds. The lowest BCUT2D eigenvalue weighted by atomic mass is 10.2. The highest BCUT2D eigenvalue weighted by Gasteiger charge is 2.22. The Balaban J connectivity index is 1.62. The molecule has 88 valence electrons. The molecule has 1 N–H and O–H groups in total. The van der Waals surface area contributed by atoms with E-state index in [1.54, 1.807) is 6.20 Å². The van der Waals surface area contributed by atoms with Gasteiger partial charge in [0.05, 0.1) is 0 Å². The Hall–Kier alpha value is -1.84. The number of nitrogens with zero attached hydrogens (tertiary/aromatic N) is 3. The van der Waals surface area contributed by atoms with Gasteiger partial charge in [0.1, 0.15) is 0 Å². The van der Waals surface area contributed by atoms with Crippen LogP contribution in [0.1, 0.15) is 18.4 Å². The molecule has 2 aromatic rings. The maximum Gasteiger partial charge on any atom is 0.202 e. The first-order valence-corrected chi connectivity index (χ1v) is 6.08. The number of hydrogen-bond acceptors (Lipinski definition) is 3. The van der Waals surface area contributed by atoms with Gasteiger partial charge in [-0.2, -0.15) is 0 Å². The van der Waals surface area contributed by atoms with Crippen LogP contribution in [0.4, 0.5) is 5.95 Å². The van der Waals surface area contributed by atoms with Crippen molar-refractivity contribution in [1.29, 1.82) is 0 Å². The van der Waals surface area contributed by atoms with Crippen molar-refractivity contribution >= 4 is 5.95 Å². The lowest BCUT2D eigenvalue weighted by molar-refractivity contribution is 0.697. The summed E-state index contributed by atoms with van der Waals surface area (Å²) in [5.41, 5.74) is 1.26. The van der Waals surface area contributed by atoms with Gasteiger partial charge in [0.2, 0.25) is 5.95 Å². The van der Waals surface area contributed by atoms with Crippen molar-refractivity contribution in [3.63, 3.8) is 0 Å². The van der Waals surface area contributed by atoms with Crippen LogP contribution in [0.25, 0.3) is 0 Å². The molecule has 1 aliphatic rings. The van der Waals surface area contributed by atoms with Crippen molar-refractivity contribution in [3.8, 4) is 0 Å². The molecule has 0 radical (unpaired) electrons. The smallest absolute Gasteiger partial charge is 0.202 e. The Morgan fingerprint density at radius 3 is 3.06 bits per heavy atom. The minimum absolute atomic E-state index is 0.648. The summed E-state index contributed by atoms with van der Waals surface area (Å²) in [6.45, 7) is 0.945. The molecule has 2 aromatic heterocycles. The average molecular weight is 228 g/mol. The summed E-state index contributed by atoms with van der Waals surface area (Å²) in [5, 5.41) is 3.44. The van der Waals surface area contributed by atoms with E-state index in [9.17, 15) is 0 Å². The minimum Gasteiger partial charge on any atom is -0.353 e. The standard InChI is InChI=1S/C13H16N4/c1-2-11(10-14-6-1)5-8-17-9-7-15-13(17)16-12-3-4-12/h1-2,6-7,9-10,12H,3-5,8H2,(H,15,16). The van der Waals surface area contributed by atoms with Gasteiger partial charge in [0.25, 0.3) is 0 Å². The second-order valence-corrected chi connectivity index (χ2v) is 4.47. The maximum absolute atomic E-state index is 4.34. The van der Waals surface area contributed by atoms with Crippen molar-refractivity contribution < 1.29 is 0 Å². The number of hydrogen-bond donors (Lipinski definition) is 1. The fourth-order valence-electron chi connectivity index (χ4n) is 1.84. The van der Waals surface area contributed by atoms with E-state index < -0.39 is 0 Å². The quantitative estimate of drug-likeness (QED) is 0.852. The lowest BCUT2D eigenvalue weighted by Gasteiger charge is -2.08. The van der Waals surface area contributed by atoms with Gasteiger partial charge in [-0.25, -0.2) is 4.98 Å². The van der Waals surface area contributed by atoms with Gasteiger partial charge in [0.15, 0.2) is 0 Å². The van der Waals surface area contributed by atoms with Crippen LogP contribution in [-0.2, 0) is 13.0 Å². The van der Waals surface area contributed by atoms with Crippen molar-refractivity contribution in [2.75, 3.05) is 5.32 Å². The van der Waals surface area contributed by atoms with Crippen molar-refractivity contribution in [2.24, 2.45) is 0 Å². The van der Waals surface area contributed by atoms with E-state index in [4.69, 9.17) is 0 Å². The van der Waals surface area contributed by atoms with Crippen LogP contribution in [0.3, 0.4) is 0 Å². The summed E-state index contributed by atoms with van der Waals surface area (Å²) in [4.78, 5) is 8.47. The highest BCUT2D eigenvalue weighted by molar-refractivity contribution is 5.29. The van der Waals surface area contributed by atoms with E-state index in [-0.39, 0.29) is 0 Å². The van der Waals surface area contributed by atoms with E-state index in [0.717, 1.165) is 18.9 Å². The monoisotopic (exact) mass is 228 g/mol. The molecule has 1 aliphatic carbocycles. The largest absolute Gasteiger partial charge is 0.353 e. The van der Waals surface area contributed by atoms with Crippen molar-refractivity contribution in [1.82, 2.24) is 14.5 Å². The molecule has 17 heavy (non-hydrogen) atoms. The third kappa shape index (κ3) is 2.64. The fraction of sp³-hybridized carbons (Fsp3) is 0.385. The molecule has 4 nitrogen and oxygen atoms in total. The van der Waals surface area contributed by atoms with Gasteiger partial charge < -0.3 is 9.88 Å². The number of aryl methyl sites for hydroxylation is 2. The molecule has 1 fully saturated rings. The third-order valence-corrected chi connectivity index (χ3v) is 2.99. The highest BCUT2D eigenvalue weighted by atomic mass is 15.2. The van der Waals surface area contributed by atoms with Gasteiger partial charge in [-0.3, -0.25) is 4.98 Å². The highest BCUT2D eigenvalue weighted by Crippen LogP contribution is 2.23. The maximum atomic E-state index is 4.34. The van der Waals surface area contributed by atoms with Crippen molar-refractivity contribution in [3.05, 3.63) is 42.5 Å². The van der Waals surface area contributed by atoms with Crippen molar-refractivity contribution in [2.45, 2.75) is 31.8 Å². The SMILES string of the molecule is c1cncc(CCn2ccnc2NC2CC2)c1. The molecule has 0 atom stereocenters. The molecule has 0 bridgehead atoms. The van der Waals surface area contributed by atoms with E-state index in [2.05, 4.69) is 25.9 Å². The van der Waals surface area contributed by atoms with Crippen LogP contribution in [0.5, 0.6) is 0 Å². The summed E-state index contributed by atoms with van der Waals surface area (Å²) >= 11 is 0. The number of aromatic nitrogens is 3. The molecule has 4 heteroatoms. The van der Waals surface area contributed by atoms with E-state index in [1.807, 2.05) is 24.7 Å². The zero-order valence-corrected chi connectivity index (χ0v) is 9.71. The van der Waals surface area contributed by atoms with Gasteiger partial charge in [0, 0.05) is 37.4 Å². The molecular formula is C13H16N4. The Kier molecular flexibility index (Phi) is 2.78. The van der Waals surface area contributed by atoms with Gasteiger partial charge >= 0.3 is 0 Å². The van der Waals surface area contributed by atoms with Gasteiger partial charge in [-0.1, -0.05) is 6.07 Å². The number of imidazole rings is 1. The first-order valence-electron chi connectivity index (χ1n) is 6.08. The lowest BCUT2D eigenvalue weighted by Crippen LogP contribution is -2.10. The van der Waals surface area contributed by atoms with Crippen LogP contribution in [0.15, 0.2) is 36.9 Å². The van der Waals surface area contributed by atoms with Crippen LogP contribution in [0, 0.1) is 0 Å². The Morgan fingerprint density at radius 2 is 2.29 bits per heavy atom. The molecule has 0 unspecified atom stereocenters. The topological polar surface area (TPSA) is 42.7 Å². The molecular weight excluding hydrogens is 212 g/mol. The molecule has 0 aliphatic heterocycles. The Bertz CT molecular complexity index is 473. The first kappa shape index (κ1) is 10.3. The van der Waals surface area contributed by atoms with E-state index in [1.165, 1.54) is 18.4 Å². The zero-order chi connectivity index (χ0) is 11.5. The molecule has 0 spiro atoms. The van der Waals surface area contributed by atoms with Crippen LogP contribution >= 0.6 is 0 Å². The molecule has 0 aromatic carbocycles.